The van der Waals surface area contributed by atoms with E-state index in [1.165, 1.54) is 31.5 Å². The molecule has 4 aliphatic heterocycles. The van der Waals surface area contributed by atoms with E-state index in [0.717, 1.165) is 34.4 Å². The highest BCUT2D eigenvalue weighted by Crippen LogP contribution is 2.38. The van der Waals surface area contributed by atoms with E-state index in [1.807, 2.05) is 24.3 Å². The Morgan fingerprint density at radius 2 is 1.83 bits per heavy atom. The molecule has 0 N–H and O–H groups in total. The van der Waals surface area contributed by atoms with Crippen molar-refractivity contribution in [3.8, 4) is 11.4 Å². The largest absolute Gasteiger partial charge is 0.497 e. The van der Waals surface area contributed by atoms with Gasteiger partial charge in [0, 0.05) is 42.0 Å². The van der Waals surface area contributed by atoms with Gasteiger partial charge in [-0.15, -0.1) is 0 Å². The first kappa shape index (κ1) is 17.1. The molecule has 1 atom stereocenters. The summed E-state index contributed by atoms with van der Waals surface area (Å²) in [6.07, 6.45) is 4.66. The monoisotopic (exact) mass is 387 g/mol. The number of carbonyl (C=O) groups excluding carboxylic acids is 1. The van der Waals surface area contributed by atoms with Crippen LogP contribution in [0.15, 0.2) is 48.7 Å². The van der Waals surface area contributed by atoms with E-state index in [4.69, 9.17) is 4.74 Å². The van der Waals surface area contributed by atoms with Gasteiger partial charge in [-0.2, -0.15) is 0 Å². The lowest BCUT2D eigenvalue weighted by atomic mass is 9.82. The van der Waals surface area contributed by atoms with Crippen LogP contribution in [0.2, 0.25) is 0 Å². The number of ether oxygens (including phenoxy) is 1. The van der Waals surface area contributed by atoms with Gasteiger partial charge in [-0.05, 0) is 73.8 Å². The standard InChI is InChI=1S/C24H25N3O2/c1-29-19-7-5-18(6-8-19)26-13-17-14-27(22-15-25-11-9-16(22)10-12-25)24(28)20-3-2-4-21(26)23(17)20/h2-8,13,16,22H,9-12,14-15H2,1H3/t22-/m0/s1. The van der Waals surface area contributed by atoms with Crippen molar-refractivity contribution in [1.29, 1.82) is 0 Å². The Balaban J connectivity index is 1.43. The van der Waals surface area contributed by atoms with Crippen LogP contribution in [0.5, 0.6) is 5.75 Å². The molecule has 5 heteroatoms. The first-order valence-electron chi connectivity index (χ1n) is 10.5. The molecule has 2 bridgehead atoms. The summed E-state index contributed by atoms with van der Waals surface area (Å²) in [7, 11) is 1.68. The molecule has 0 unspecified atom stereocenters. The van der Waals surface area contributed by atoms with Crippen LogP contribution in [0.3, 0.4) is 0 Å². The van der Waals surface area contributed by atoms with Crippen molar-refractivity contribution in [1.82, 2.24) is 14.4 Å². The Morgan fingerprint density at radius 3 is 2.52 bits per heavy atom. The predicted octanol–water partition coefficient (Wildman–Crippen LogP) is 3.69. The average Bonchev–Trinajstić information content (AvgIpc) is 3.16. The molecule has 5 heterocycles. The van der Waals surface area contributed by atoms with E-state index in [9.17, 15) is 4.79 Å². The average molecular weight is 387 g/mol. The van der Waals surface area contributed by atoms with E-state index in [-0.39, 0.29) is 5.91 Å². The Bertz CT molecular complexity index is 1090. The minimum atomic E-state index is 0.203. The van der Waals surface area contributed by atoms with Crippen LogP contribution in [-0.4, -0.2) is 53.1 Å². The summed E-state index contributed by atoms with van der Waals surface area (Å²) < 4.78 is 7.51. The molecule has 148 valence electrons. The summed E-state index contributed by atoms with van der Waals surface area (Å²) in [5.41, 5.74) is 4.29. The summed E-state index contributed by atoms with van der Waals surface area (Å²) >= 11 is 0. The summed E-state index contributed by atoms with van der Waals surface area (Å²) in [6, 6.07) is 14.6. The predicted molar refractivity (Wildman–Crippen MR) is 113 cm³/mol. The lowest BCUT2D eigenvalue weighted by Gasteiger charge is -2.49. The van der Waals surface area contributed by atoms with Crippen LogP contribution in [-0.2, 0) is 6.54 Å². The zero-order chi connectivity index (χ0) is 19.5. The van der Waals surface area contributed by atoms with Gasteiger partial charge in [-0.25, -0.2) is 0 Å². The quantitative estimate of drug-likeness (QED) is 0.688. The minimum absolute atomic E-state index is 0.203. The molecular formula is C24H25N3O2. The second-order valence-electron chi connectivity index (χ2n) is 8.56. The first-order chi connectivity index (χ1) is 14.2. The Morgan fingerprint density at radius 1 is 1.03 bits per heavy atom. The highest BCUT2D eigenvalue weighted by molar-refractivity contribution is 6.10. The molecule has 3 aromatic rings. The zero-order valence-corrected chi connectivity index (χ0v) is 16.7. The molecule has 1 amide bonds. The van der Waals surface area contributed by atoms with E-state index >= 15 is 0 Å². The molecule has 7 rings (SSSR count). The summed E-state index contributed by atoms with van der Waals surface area (Å²) in [6.45, 7) is 4.13. The highest BCUT2D eigenvalue weighted by atomic mass is 16.5. The smallest absolute Gasteiger partial charge is 0.255 e. The third kappa shape index (κ3) is 2.53. The van der Waals surface area contributed by atoms with Gasteiger partial charge in [-0.1, -0.05) is 6.07 Å². The van der Waals surface area contributed by atoms with Crippen LogP contribution in [0, 0.1) is 5.92 Å². The molecule has 2 aromatic carbocycles. The number of amides is 1. The number of aromatic nitrogens is 1. The van der Waals surface area contributed by atoms with Crippen molar-refractivity contribution in [2.24, 2.45) is 5.92 Å². The SMILES string of the molecule is COc1ccc(-n2cc3c4c(cccc42)C(=O)N([C@H]2CN4CCC2CC4)C3)cc1. The molecule has 29 heavy (non-hydrogen) atoms. The third-order valence-corrected chi connectivity index (χ3v) is 7.11. The van der Waals surface area contributed by atoms with Crippen molar-refractivity contribution in [3.05, 3.63) is 59.8 Å². The van der Waals surface area contributed by atoms with Gasteiger partial charge in [0.1, 0.15) is 5.75 Å². The van der Waals surface area contributed by atoms with Crippen molar-refractivity contribution >= 4 is 16.8 Å². The number of benzene rings is 2. The third-order valence-electron chi connectivity index (χ3n) is 7.11. The molecule has 0 radical (unpaired) electrons. The van der Waals surface area contributed by atoms with Crippen molar-refractivity contribution < 1.29 is 9.53 Å². The van der Waals surface area contributed by atoms with Crippen molar-refractivity contribution in [3.63, 3.8) is 0 Å². The molecule has 0 saturated carbocycles. The summed E-state index contributed by atoms with van der Waals surface area (Å²) in [5, 5.41) is 1.12. The number of rotatable bonds is 3. The van der Waals surface area contributed by atoms with Gasteiger partial charge in [0.2, 0.25) is 0 Å². The second-order valence-corrected chi connectivity index (χ2v) is 8.56. The summed E-state index contributed by atoms with van der Waals surface area (Å²) in [5.74, 6) is 1.70. The molecule has 3 fully saturated rings. The molecule has 1 aromatic heterocycles. The number of hydrogen-bond donors (Lipinski definition) is 0. The van der Waals surface area contributed by atoms with E-state index in [1.54, 1.807) is 7.11 Å². The zero-order valence-electron chi connectivity index (χ0n) is 16.7. The molecule has 0 spiro atoms. The lowest BCUT2D eigenvalue weighted by Crippen LogP contribution is -2.58. The van der Waals surface area contributed by atoms with E-state index in [0.29, 0.717) is 18.5 Å². The van der Waals surface area contributed by atoms with Crippen LogP contribution < -0.4 is 4.74 Å². The van der Waals surface area contributed by atoms with Gasteiger partial charge >= 0.3 is 0 Å². The molecule has 0 aliphatic carbocycles. The molecule has 3 saturated heterocycles. The maximum Gasteiger partial charge on any atom is 0.255 e. The van der Waals surface area contributed by atoms with E-state index < -0.39 is 0 Å². The number of hydrogen-bond acceptors (Lipinski definition) is 3. The molecular weight excluding hydrogens is 362 g/mol. The first-order valence-corrected chi connectivity index (χ1v) is 10.5. The fourth-order valence-corrected chi connectivity index (χ4v) is 5.59. The van der Waals surface area contributed by atoms with Crippen molar-refractivity contribution in [2.45, 2.75) is 25.4 Å². The summed E-state index contributed by atoms with van der Waals surface area (Å²) in [4.78, 5) is 18.2. The minimum Gasteiger partial charge on any atom is -0.497 e. The van der Waals surface area contributed by atoms with Gasteiger partial charge in [0.25, 0.3) is 5.91 Å². The maximum atomic E-state index is 13.5. The second kappa shape index (κ2) is 6.36. The lowest BCUT2D eigenvalue weighted by molar-refractivity contribution is 0.00407. The Hall–Kier alpha value is -2.79. The number of carbonyl (C=O) groups is 1. The fourth-order valence-electron chi connectivity index (χ4n) is 5.59. The molecule has 5 nitrogen and oxygen atoms in total. The van der Waals surface area contributed by atoms with Gasteiger partial charge in [0.05, 0.1) is 12.6 Å². The number of nitrogens with zero attached hydrogens (tertiary/aromatic N) is 3. The van der Waals surface area contributed by atoms with Gasteiger partial charge in [0.15, 0.2) is 0 Å². The maximum absolute atomic E-state index is 13.5. The number of fused-ring (bicyclic) bond motifs is 3. The Labute approximate surface area is 170 Å². The van der Waals surface area contributed by atoms with Crippen molar-refractivity contribution in [2.75, 3.05) is 26.7 Å². The topological polar surface area (TPSA) is 37.7 Å². The van der Waals surface area contributed by atoms with Crippen LogP contribution in [0.1, 0.15) is 28.8 Å². The highest BCUT2D eigenvalue weighted by Gasteiger charge is 2.41. The number of methoxy groups -OCH3 is 1. The van der Waals surface area contributed by atoms with Gasteiger partial charge < -0.3 is 19.1 Å². The fraction of sp³-hybridized carbons (Fsp3) is 0.375. The van der Waals surface area contributed by atoms with Crippen LogP contribution >= 0.6 is 0 Å². The number of piperidine rings is 3. The Kier molecular flexibility index (Phi) is 3.75. The van der Waals surface area contributed by atoms with Crippen LogP contribution in [0.4, 0.5) is 0 Å². The van der Waals surface area contributed by atoms with Crippen LogP contribution in [0.25, 0.3) is 16.6 Å². The van der Waals surface area contributed by atoms with Gasteiger partial charge in [-0.3, -0.25) is 4.79 Å². The molecule has 4 aliphatic rings. The van der Waals surface area contributed by atoms with E-state index in [2.05, 4.69) is 38.8 Å². The normalized spacial score (nSPS) is 25.6.